The summed E-state index contributed by atoms with van der Waals surface area (Å²) in [6, 6.07) is 7.34. The number of thiophene rings is 1. The molecule has 2 rings (SSSR count). The van der Waals surface area contributed by atoms with Gasteiger partial charge in [-0.3, -0.25) is 4.79 Å². The highest BCUT2D eigenvalue weighted by Gasteiger charge is 2.09. The zero-order chi connectivity index (χ0) is 15.9. The van der Waals surface area contributed by atoms with Crippen molar-refractivity contribution in [3.05, 3.63) is 58.8 Å². The van der Waals surface area contributed by atoms with Gasteiger partial charge in [-0.1, -0.05) is 6.58 Å². The van der Waals surface area contributed by atoms with Gasteiger partial charge < -0.3 is 9.47 Å². The van der Waals surface area contributed by atoms with Crippen molar-refractivity contribution >= 4 is 17.1 Å². The van der Waals surface area contributed by atoms with Crippen molar-refractivity contribution < 1.29 is 14.3 Å². The van der Waals surface area contributed by atoms with Gasteiger partial charge in [0.25, 0.3) is 0 Å². The molecule has 3 nitrogen and oxygen atoms in total. The predicted molar refractivity (Wildman–Crippen MR) is 90.3 cm³/mol. The molecule has 0 bridgehead atoms. The van der Waals surface area contributed by atoms with E-state index in [1.165, 1.54) is 11.6 Å². The van der Waals surface area contributed by atoms with E-state index in [1.54, 1.807) is 23.5 Å². The second-order valence-electron chi connectivity index (χ2n) is 5.16. The number of benzene rings is 1. The standard InChI is InChI=1S/C18H20O3S/c1-4-18(19)15-9-16(11-17(10-15)21-13(2)3)20-7-5-14-6-8-22-12-14/h4,6,8-13H,1,5,7H2,2-3H3. The van der Waals surface area contributed by atoms with Crippen LogP contribution in [0.15, 0.2) is 47.7 Å². The van der Waals surface area contributed by atoms with E-state index in [1.807, 2.05) is 25.3 Å². The van der Waals surface area contributed by atoms with Gasteiger partial charge in [-0.2, -0.15) is 11.3 Å². The molecule has 0 amide bonds. The summed E-state index contributed by atoms with van der Waals surface area (Å²) in [6.07, 6.45) is 2.17. The zero-order valence-corrected chi connectivity index (χ0v) is 13.7. The van der Waals surface area contributed by atoms with E-state index in [9.17, 15) is 4.79 Å². The molecule has 0 N–H and O–H groups in total. The number of hydrogen-bond donors (Lipinski definition) is 0. The van der Waals surface area contributed by atoms with Crippen LogP contribution in [0.1, 0.15) is 29.8 Å². The van der Waals surface area contributed by atoms with Crippen LogP contribution in [0.25, 0.3) is 0 Å². The van der Waals surface area contributed by atoms with Crippen molar-refractivity contribution in [2.75, 3.05) is 6.61 Å². The van der Waals surface area contributed by atoms with E-state index in [-0.39, 0.29) is 11.9 Å². The second kappa shape index (κ2) is 7.80. The number of carbonyl (C=O) groups excluding carboxylic acids is 1. The van der Waals surface area contributed by atoms with Crippen LogP contribution in [-0.4, -0.2) is 18.5 Å². The van der Waals surface area contributed by atoms with Gasteiger partial charge in [0.1, 0.15) is 11.5 Å². The zero-order valence-electron chi connectivity index (χ0n) is 12.9. The summed E-state index contributed by atoms with van der Waals surface area (Å²) in [4.78, 5) is 11.8. The van der Waals surface area contributed by atoms with Crippen molar-refractivity contribution in [3.63, 3.8) is 0 Å². The van der Waals surface area contributed by atoms with Gasteiger partial charge in [-0.25, -0.2) is 0 Å². The van der Waals surface area contributed by atoms with Crippen LogP contribution in [0.4, 0.5) is 0 Å². The summed E-state index contributed by atoms with van der Waals surface area (Å²) in [5.41, 5.74) is 1.78. The predicted octanol–water partition coefficient (Wildman–Crippen LogP) is 4.53. The molecule has 116 valence electrons. The van der Waals surface area contributed by atoms with Crippen molar-refractivity contribution in [3.8, 4) is 11.5 Å². The van der Waals surface area contributed by atoms with E-state index in [0.29, 0.717) is 23.7 Å². The fourth-order valence-corrected chi connectivity index (χ4v) is 2.68. The summed E-state index contributed by atoms with van der Waals surface area (Å²) in [5.74, 6) is 1.13. The molecule has 0 atom stereocenters. The van der Waals surface area contributed by atoms with Gasteiger partial charge in [-0.05, 0) is 54.4 Å². The maximum absolute atomic E-state index is 11.8. The molecule has 0 aliphatic carbocycles. The molecule has 4 heteroatoms. The fourth-order valence-electron chi connectivity index (χ4n) is 1.98. The Kier molecular flexibility index (Phi) is 5.78. The normalized spacial score (nSPS) is 10.5. The van der Waals surface area contributed by atoms with E-state index in [4.69, 9.17) is 9.47 Å². The van der Waals surface area contributed by atoms with Crippen LogP contribution in [-0.2, 0) is 6.42 Å². The largest absolute Gasteiger partial charge is 0.493 e. The third kappa shape index (κ3) is 4.74. The summed E-state index contributed by atoms with van der Waals surface area (Å²) in [7, 11) is 0. The van der Waals surface area contributed by atoms with Gasteiger partial charge in [0.15, 0.2) is 5.78 Å². The van der Waals surface area contributed by atoms with Crippen LogP contribution in [0.3, 0.4) is 0 Å². The number of hydrogen-bond acceptors (Lipinski definition) is 4. The Balaban J connectivity index is 2.10. The first-order valence-corrected chi connectivity index (χ1v) is 8.15. The Morgan fingerprint density at radius 3 is 2.73 bits per heavy atom. The molecule has 0 unspecified atom stereocenters. The monoisotopic (exact) mass is 316 g/mol. The van der Waals surface area contributed by atoms with Crippen molar-refractivity contribution in [2.45, 2.75) is 26.4 Å². The van der Waals surface area contributed by atoms with Crippen LogP contribution in [0.2, 0.25) is 0 Å². The highest BCUT2D eigenvalue weighted by atomic mass is 32.1. The third-order valence-electron chi connectivity index (χ3n) is 2.96. The Labute approximate surface area is 135 Å². The van der Waals surface area contributed by atoms with Crippen LogP contribution >= 0.6 is 11.3 Å². The van der Waals surface area contributed by atoms with Gasteiger partial charge in [0.05, 0.1) is 12.7 Å². The molecule has 22 heavy (non-hydrogen) atoms. The number of ketones is 1. The SMILES string of the molecule is C=CC(=O)c1cc(OCCc2ccsc2)cc(OC(C)C)c1. The Hall–Kier alpha value is -2.07. The lowest BCUT2D eigenvalue weighted by molar-refractivity contribution is 0.104. The van der Waals surface area contributed by atoms with Crippen molar-refractivity contribution in [2.24, 2.45) is 0 Å². The molecular formula is C18H20O3S. The number of ether oxygens (including phenoxy) is 2. The highest BCUT2D eigenvalue weighted by molar-refractivity contribution is 7.07. The molecular weight excluding hydrogens is 296 g/mol. The molecule has 1 aromatic heterocycles. The first kappa shape index (κ1) is 16.3. The first-order chi connectivity index (χ1) is 10.6. The average molecular weight is 316 g/mol. The lowest BCUT2D eigenvalue weighted by Gasteiger charge is -2.13. The summed E-state index contributed by atoms with van der Waals surface area (Å²) in [5, 5.41) is 4.15. The minimum atomic E-state index is -0.142. The third-order valence-corrected chi connectivity index (χ3v) is 3.69. The molecule has 0 saturated carbocycles. The molecule has 0 aliphatic rings. The number of rotatable bonds is 8. The maximum Gasteiger partial charge on any atom is 0.185 e. The average Bonchev–Trinajstić information content (AvgIpc) is 2.98. The van der Waals surface area contributed by atoms with Gasteiger partial charge in [0, 0.05) is 18.1 Å². The Bertz CT molecular complexity index is 630. The highest BCUT2D eigenvalue weighted by Crippen LogP contribution is 2.25. The lowest BCUT2D eigenvalue weighted by atomic mass is 10.1. The smallest absolute Gasteiger partial charge is 0.185 e. The minimum Gasteiger partial charge on any atom is -0.493 e. The molecule has 2 aromatic rings. The van der Waals surface area contributed by atoms with E-state index >= 15 is 0 Å². The van der Waals surface area contributed by atoms with E-state index < -0.39 is 0 Å². The first-order valence-electron chi connectivity index (χ1n) is 7.21. The summed E-state index contributed by atoms with van der Waals surface area (Å²) < 4.78 is 11.5. The van der Waals surface area contributed by atoms with Crippen molar-refractivity contribution in [1.82, 2.24) is 0 Å². The molecule has 0 saturated heterocycles. The maximum atomic E-state index is 11.8. The Morgan fingerprint density at radius 1 is 1.32 bits per heavy atom. The van der Waals surface area contributed by atoms with Crippen molar-refractivity contribution in [1.29, 1.82) is 0 Å². The van der Waals surface area contributed by atoms with Gasteiger partial charge >= 0.3 is 0 Å². The molecule has 1 aromatic carbocycles. The van der Waals surface area contributed by atoms with Crippen LogP contribution in [0, 0.1) is 0 Å². The number of allylic oxidation sites excluding steroid dienone is 1. The van der Waals surface area contributed by atoms with Crippen LogP contribution < -0.4 is 9.47 Å². The second-order valence-corrected chi connectivity index (χ2v) is 5.94. The topological polar surface area (TPSA) is 35.5 Å². The van der Waals surface area contributed by atoms with E-state index in [0.717, 1.165) is 6.42 Å². The number of carbonyl (C=O) groups is 1. The summed E-state index contributed by atoms with van der Waals surface area (Å²) in [6.45, 7) is 7.97. The fraction of sp³-hybridized carbons (Fsp3) is 0.278. The molecule has 0 fully saturated rings. The van der Waals surface area contributed by atoms with Gasteiger partial charge in [-0.15, -0.1) is 0 Å². The Morgan fingerprint density at radius 2 is 2.09 bits per heavy atom. The molecule has 0 aliphatic heterocycles. The molecule has 0 radical (unpaired) electrons. The van der Waals surface area contributed by atoms with Gasteiger partial charge in [0.2, 0.25) is 0 Å². The summed E-state index contributed by atoms with van der Waals surface area (Å²) >= 11 is 1.67. The minimum absolute atomic E-state index is 0.0349. The lowest BCUT2D eigenvalue weighted by Crippen LogP contribution is -2.07. The quantitative estimate of drug-likeness (QED) is 0.530. The van der Waals surface area contributed by atoms with Crippen LogP contribution in [0.5, 0.6) is 11.5 Å². The molecule has 1 heterocycles. The van der Waals surface area contributed by atoms with E-state index in [2.05, 4.69) is 18.0 Å². The molecule has 0 spiro atoms.